The average molecular weight is 311 g/mol. The summed E-state index contributed by atoms with van der Waals surface area (Å²) in [6.45, 7) is 1.84. The number of nitrogens with zero attached hydrogens (tertiary/aromatic N) is 3. The van der Waals surface area contributed by atoms with E-state index < -0.39 is 0 Å². The molecule has 1 aromatic carbocycles. The highest BCUT2D eigenvalue weighted by Crippen LogP contribution is 2.46. The first-order chi connectivity index (χ1) is 10.8. The number of pyridine rings is 1. The molecule has 2 aliphatic rings. The number of rotatable bonds is 2. The summed E-state index contributed by atoms with van der Waals surface area (Å²) in [7, 11) is 0. The molecule has 0 unspecified atom stereocenters. The van der Waals surface area contributed by atoms with Crippen molar-refractivity contribution < 1.29 is 4.39 Å². The summed E-state index contributed by atoms with van der Waals surface area (Å²) in [4.78, 5) is 12.1. The second kappa shape index (κ2) is 5.57. The third kappa shape index (κ3) is 2.31. The van der Waals surface area contributed by atoms with Gasteiger partial charge in [-0.05, 0) is 48.0 Å². The monoisotopic (exact) mass is 311 g/mol. The maximum absolute atomic E-state index is 13.2. The fourth-order valence-electron chi connectivity index (χ4n) is 2.74. The van der Waals surface area contributed by atoms with Gasteiger partial charge in [0.1, 0.15) is 5.82 Å². The molecule has 0 atom stereocenters. The van der Waals surface area contributed by atoms with Crippen LogP contribution >= 0.6 is 11.8 Å². The fourth-order valence-corrected chi connectivity index (χ4v) is 3.94. The van der Waals surface area contributed by atoms with Gasteiger partial charge in [0.25, 0.3) is 0 Å². The second-order valence-electron chi connectivity index (χ2n) is 5.19. The summed E-state index contributed by atoms with van der Waals surface area (Å²) in [5.74, 6) is -0.215. The maximum atomic E-state index is 13.2. The van der Waals surface area contributed by atoms with E-state index in [1.54, 1.807) is 24.2 Å². The van der Waals surface area contributed by atoms with Crippen molar-refractivity contribution in [1.29, 1.82) is 0 Å². The smallest absolute Gasteiger partial charge is 0.168 e. The molecule has 2 aliphatic heterocycles. The molecule has 2 aromatic rings. The molecule has 1 aromatic heterocycles. The Morgan fingerprint density at radius 1 is 1.00 bits per heavy atom. The quantitative estimate of drug-likeness (QED) is 0.843. The second-order valence-corrected chi connectivity index (χ2v) is 6.17. The molecule has 0 amide bonds. The van der Waals surface area contributed by atoms with Gasteiger partial charge in [0.05, 0.1) is 5.70 Å². The summed E-state index contributed by atoms with van der Waals surface area (Å²) in [6.07, 6.45) is 4.65. The van der Waals surface area contributed by atoms with Crippen LogP contribution in [0.25, 0.3) is 10.6 Å². The molecule has 110 valence electrons. The molecule has 0 aliphatic carbocycles. The van der Waals surface area contributed by atoms with Gasteiger partial charge < -0.3 is 4.90 Å². The van der Waals surface area contributed by atoms with Crippen molar-refractivity contribution in [2.75, 3.05) is 13.1 Å². The van der Waals surface area contributed by atoms with E-state index in [9.17, 15) is 4.39 Å². The lowest BCUT2D eigenvalue weighted by Gasteiger charge is -2.25. The van der Waals surface area contributed by atoms with E-state index in [2.05, 4.69) is 14.9 Å². The Bertz CT molecular complexity index is 753. The van der Waals surface area contributed by atoms with Gasteiger partial charge >= 0.3 is 0 Å². The minimum atomic E-state index is -0.215. The Morgan fingerprint density at radius 3 is 2.55 bits per heavy atom. The molecule has 0 spiro atoms. The number of fused-ring (bicyclic) bond motifs is 1. The molecule has 3 nitrogen and oxygen atoms in total. The van der Waals surface area contributed by atoms with E-state index in [1.165, 1.54) is 12.1 Å². The van der Waals surface area contributed by atoms with Crippen LogP contribution < -0.4 is 0 Å². The van der Waals surface area contributed by atoms with Gasteiger partial charge in [-0.25, -0.2) is 4.39 Å². The van der Waals surface area contributed by atoms with Crippen molar-refractivity contribution in [1.82, 2.24) is 9.88 Å². The lowest BCUT2D eigenvalue weighted by atomic mass is 10.1. The van der Waals surface area contributed by atoms with Crippen molar-refractivity contribution in [3.63, 3.8) is 0 Å². The molecule has 0 bridgehead atoms. The van der Waals surface area contributed by atoms with Crippen LogP contribution in [0.15, 0.2) is 53.8 Å². The first kappa shape index (κ1) is 13.5. The molecule has 0 saturated heterocycles. The Morgan fingerprint density at radius 2 is 1.77 bits per heavy atom. The highest BCUT2D eigenvalue weighted by Gasteiger charge is 2.32. The number of aromatic nitrogens is 1. The van der Waals surface area contributed by atoms with Gasteiger partial charge in [0.15, 0.2) is 5.17 Å². The summed E-state index contributed by atoms with van der Waals surface area (Å²) in [5.41, 5.74) is 3.29. The van der Waals surface area contributed by atoms with Crippen LogP contribution in [-0.4, -0.2) is 28.1 Å². The predicted octanol–water partition coefficient (Wildman–Crippen LogP) is 3.86. The number of thioether (sulfide) groups is 1. The fraction of sp³-hybridized carbons (Fsp3) is 0.176. The van der Waals surface area contributed by atoms with Crippen molar-refractivity contribution >= 4 is 27.5 Å². The maximum Gasteiger partial charge on any atom is 0.168 e. The molecule has 0 saturated carbocycles. The Hall–Kier alpha value is -2.14. The highest BCUT2D eigenvalue weighted by molar-refractivity contribution is 8.22. The van der Waals surface area contributed by atoms with Crippen molar-refractivity contribution in [3.05, 3.63) is 65.7 Å². The zero-order chi connectivity index (χ0) is 14.9. The Balaban J connectivity index is 1.88. The third-order valence-corrected chi connectivity index (χ3v) is 4.92. The van der Waals surface area contributed by atoms with E-state index in [4.69, 9.17) is 0 Å². The average Bonchev–Trinajstić information content (AvgIpc) is 2.96. The predicted molar refractivity (Wildman–Crippen MR) is 88.7 cm³/mol. The third-order valence-electron chi connectivity index (χ3n) is 3.76. The minimum absolute atomic E-state index is 0.215. The number of halogens is 1. The molecular formula is C17H14FN3S. The SMILES string of the molecule is Fc1ccc(C2=C(c3ccncc3)N3CCCN=C3S2)cc1. The van der Waals surface area contributed by atoms with Gasteiger partial charge in [0, 0.05) is 36.0 Å². The van der Waals surface area contributed by atoms with E-state index in [-0.39, 0.29) is 5.82 Å². The van der Waals surface area contributed by atoms with Crippen LogP contribution in [0.4, 0.5) is 4.39 Å². The molecule has 0 radical (unpaired) electrons. The summed E-state index contributed by atoms with van der Waals surface area (Å²) in [5, 5.41) is 1.04. The topological polar surface area (TPSA) is 28.5 Å². The van der Waals surface area contributed by atoms with E-state index >= 15 is 0 Å². The van der Waals surface area contributed by atoms with E-state index in [1.807, 2.05) is 24.3 Å². The summed E-state index contributed by atoms with van der Waals surface area (Å²) >= 11 is 1.67. The molecular weight excluding hydrogens is 297 g/mol. The van der Waals surface area contributed by atoms with Gasteiger partial charge in [0.2, 0.25) is 0 Å². The standard InChI is InChI=1S/C17H14FN3S/c18-14-4-2-13(3-5-14)16-15(12-6-9-19-10-7-12)21-11-1-8-20-17(21)22-16/h2-7,9-10H,1,8,11H2. The first-order valence-corrected chi connectivity index (χ1v) is 8.05. The van der Waals surface area contributed by atoms with Gasteiger partial charge in [-0.15, -0.1) is 0 Å². The van der Waals surface area contributed by atoms with Crippen LogP contribution in [0.5, 0.6) is 0 Å². The molecule has 22 heavy (non-hydrogen) atoms. The Kier molecular flexibility index (Phi) is 3.42. The van der Waals surface area contributed by atoms with E-state index in [0.717, 1.165) is 46.4 Å². The molecule has 0 N–H and O–H groups in total. The number of aliphatic imine (C=N–C) groups is 1. The number of hydrogen-bond donors (Lipinski definition) is 0. The van der Waals surface area contributed by atoms with Crippen LogP contribution in [0.3, 0.4) is 0 Å². The van der Waals surface area contributed by atoms with Crippen LogP contribution in [0, 0.1) is 5.82 Å². The van der Waals surface area contributed by atoms with Crippen LogP contribution in [-0.2, 0) is 0 Å². The van der Waals surface area contributed by atoms with Gasteiger partial charge in [-0.1, -0.05) is 12.1 Å². The van der Waals surface area contributed by atoms with Gasteiger partial charge in [-0.3, -0.25) is 9.98 Å². The van der Waals surface area contributed by atoms with Crippen LogP contribution in [0.2, 0.25) is 0 Å². The van der Waals surface area contributed by atoms with E-state index in [0.29, 0.717) is 0 Å². The zero-order valence-corrected chi connectivity index (χ0v) is 12.7. The van der Waals surface area contributed by atoms with Crippen molar-refractivity contribution in [2.24, 2.45) is 4.99 Å². The molecule has 5 heteroatoms. The summed E-state index contributed by atoms with van der Waals surface area (Å²) < 4.78 is 13.2. The van der Waals surface area contributed by atoms with Crippen LogP contribution in [0.1, 0.15) is 17.5 Å². The normalized spacial score (nSPS) is 17.5. The Labute approximate surface area is 132 Å². The lowest BCUT2D eigenvalue weighted by molar-refractivity contribution is 0.542. The summed E-state index contributed by atoms with van der Waals surface area (Å²) in [6, 6.07) is 10.7. The molecule has 3 heterocycles. The highest BCUT2D eigenvalue weighted by atomic mass is 32.2. The van der Waals surface area contributed by atoms with Crippen molar-refractivity contribution in [2.45, 2.75) is 6.42 Å². The number of amidine groups is 1. The number of hydrogen-bond acceptors (Lipinski definition) is 4. The van der Waals surface area contributed by atoms with Crippen molar-refractivity contribution in [3.8, 4) is 0 Å². The number of benzene rings is 1. The van der Waals surface area contributed by atoms with Gasteiger partial charge in [-0.2, -0.15) is 0 Å². The lowest BCUT2D eigenvalue weighted by Crippen LogP contribution is -2.28. The molecule has 4 rings (SSSR count). The first-order valence-electron chi connectivity index (χ1n) is 7.23. The minimum Gasteiger partial charge on any atom is -0.319 e. The largest absolute Gasteiger partial charge is 0.319 e. The molecule has 0 fully saturated rings. The zero-order valence-electron chi connectivity index (χ0n) is 11.9.